The van der Waals surface area contributed by atoms with Crippen LogP contribution in [0.2, 0.25) is 0 Å². The first kappa shape index (κ1) is 16.9. The highest BCUT2D eigenvalue weighted by atomic mass is 15.3. The summed E-state index contributed by atoms with van der Waals surface area (Å²) in [6, 6.07) is 8.64. The summed E-state index contributed by atoms with van der Waals surface area (Å²) in [5, 5.41) is 15.2. The fraction of sp³-hybridized carbons (Fsp3) is 0.300. The molecule has 0 bridgehead atoms. The van der Waals surface area contributed by atoms with Crippen molar-refractivity contribution in [2.24, 2.45) is 5.73 Å². The summed E-state index contributed by atoms with van der Waals surface area (Å²) in [6.07, 6.45) is 7.97. The Morgan fingerprint density at radius 3 is 3.07 bits per heavy atom. The van der Waals surface area contributed by atoms with Crippen LogP contribution in [0.5, 0.6) is 0 Å². The average molecular weight is 374 g/mol. The maximum Gasteiger partial charge on any atom is 0.178 e. The van der Waals surface area contributed by atoms with Crippen molar-refractivity contribution in [2.45, 2.75) is 38.3 Å². The summed E-state index contributed by atoms with van der Waals surface area (Å²) >= 11 is 0. The number of pyridine rings is 1. The number of hydrogen-bond acceptors (Lipinski definition) is 6. The molecule has 1 aliphatic rings. The van der Waals surface area contributed by atoms with Gasteiger partial charge in [-0.1, -0.05) is 23.4 Å². The van der Waals surface area contributed by atoms with Crippen LogP contribution < -0.4 is 11.5 Å². The van der Waals surface area contributed by atoms with E-state index in [1.165, 1.54) is 16.7 Å². The quantitative estimate of drug-likeness (QED) is 0.502. The van der Waals surface area contributed by atoms with Gasteiger partial charge in [0.1, 0.15) is 11.3 Å². The van der Waals surface area contributed by atoms with E-state index in [-0.39, 0.29) is 6.04 Å². The summed E-state index contributed by atoms with van der Waals surface area (Å²) < 4.78 is 1.96. The Morgan fingerprint density at radius 2 is 2.14 bits per heavy atom. The molecule has 3 heterocycles. The topological polar surface area (TPSA) is 124 Å². The lowest BCUT2D eigenvalue weighted by molar-refractivity contribution is 0.569. The van der Waals surface area contributed by atoms with Crippen molar-refractivity contribution in [1.82, 2.24) is 30.2 Å². The number of nitrogens with zero attached hydrogens (tertiary/aromatic N) is 5. The van der Waals surface area contributed by atoms with Crippen LogP contribution in [0.15, 0.2) is 36.7 Å². The minimum absolute atomic E-state index is 0.176. The highest BCUT2D eigenvalue weighted by molar-refractivity contribution is 5.76. The van der Waals surface area contributed by atoms with Crippen molar-refractivity contribution in [3.63, 3.8) is 0 Å². The molecule has 5 rings (SSSR count). The molecule has 1 atom stereocenters. The third kappa shape index (κ3) is 3.11. The van der Waals surface area contributed by atoms with Gasteiger partial charge < -0.3 is 11.5 Å². The molecule has 0 saturated carbocycles. The molecule has 4 aromatic rings. The first-order valence-electron chi connectivity index (χ1n) is 9.50. The van der Waals surface area contributed by atoms with Gasteiger partial charge in [-0.3, -0.25) is 4.68 Å². The van der Waals surface area contributed by atoms with Crippen LogP contribution in [-0.2, 0) is 19.4 Å². The third-order valence-corrected chi connectivity index (χ3v) is 5.39. The summed E-state index contributed by atoms with van der Waals surface area (Å²) in [6.45, 7) is 0.736. The number of aryl methyl sites for hydroxylation is 1. The molecule has 0 amide bonds. The Kier molecular flexibility index (Phi) is 4.05. The van der Waals surface area contributed by atoms with E-state index >= 15 is 0 Å². The molecule has 1 aliphatic carbocycles. The smallest absolute Gasteiger partial charge is 0.178 e. The molecular weight excluding hydrogens is 352 g/mol. The molecule has 8 heteroatoms. The van der Waals surface area contributed by atoms with Crippen molar-refractivity contribution < 1.29 is 0 Å². The fourth-order valence-corrected chi connectivity index (χ4v) is 4.05. The zero-order chi connectivity index (χ0) is 19.1. The minimum atomic E-state index is 0.176. The number of anilines is 1. The van der Waals surface area contributed by atoms with Gasteiger partial charge >= 0.3 is 0 Å². The second-order valence-corrected chi connectivity index (χ2v) is 7.47. The standard InChI is InChI=1S/C20H22N8/c21-17-3-1-2-14-6-12(4-5-16(14)17)10-28-11-13(9-23-28)7-15-8-18(22)24-20-19(15)25-27-26-20/h4-6,8-9,11,17H,1-3,7,10,21H2,(H3,22,24,25,26,27)/t17-/m1/s1. The summed E-state index contributed by atoms with van der Waals surface area (Å²) in [5.74, 6) is 0.452. The Morgan fingerprint density at radius 1 is 1.21 bits per heavy atom. The second-order valence-electron chi connectivity index (χ2n) is 7.47. The normalized spacial score (nSPS) is 16.4. The van der Waals surface area contributed by atoms with E-state index in [1.54, 1.807) is 0 Å². The molecule has 28 heavy (non-hydrogen) atoms. The Balaban J connectivity index is 1.36. The van der Waals surface area contributed by atoms with Crippen LogP contribution in [0, 0.1) is 0 Å². The van der Waals surface area contributed by atoms with Crippen molar-refractivity contribution in [3.8, 4) is 0 Å². The number of nitrogens with one attached hydrogen (secondary N) is 1. The van der Waals surface area contributed by atoms with Crippen LogP contribution in [0.1, 0.15) is 46.7 Å². The Bertz CT molecular complexity index is 1140. The van der Waals surface area contributed by atoms with Gasteiger partial charge in [0, 0.05) is 18.7 Å². The predicted molar refractivity (Wildman–Crippen MR) is 107 cm³/mol. The second kappa shape index (κ2) is 6.72. The number of aromatic amines is 1. The third-order valence-electron chi connectivity index (χ3n) is 5.39. The van der Waals surface area contributed by atoms with E-state index in [9.17, 15) is 0 Å². The van der Waals surface area contributed by atoms with Gasteiger partial charge in [0.25, 0.3) is 0 Å². The molecular formula is C20H22N8. The van der Waals surface area contributed by atoms with Crippen LogP contribution in [0.3, 0.4) is 0 Å². The van der Waals surface area contributed by atoms with Crippen LogP contribution in [0.4, 0.5) is 5.82 Å². The molecule has 142 valence electrons. The number of nitrogens with two attached hydrogens (primary N) is 2. The number of hydrogen-bond donors (Lipinski definition) is 3. The first-order chi connectivity index (χ1) is 13.7. The number of fused-ring (bicyclic) bond motifs is 2. The maximum atomic E-state index is 6.23. The molecule has 0 spiro atoms. The fourth-order valence-electron chi connectivity index (χ4n) is 4.05. The molecule has 3 aromatic heterocycles. The maximum absolute atomic E-state index is 6.23. The molecule has 0 saturated heterocycles. The lowest BCUT2D eigenvalue weighted by atomic mass is 9.87. The van der Waals surface area contributed by atoms with Crippen molar-refractivity contribution in [3.05, 3.63) is 64.5 Å². The van der Waals surface area contributed by atoms with Crippen LogP contribution in [0.25, 0.3) is 11.2 Å². The van der Waals surface area contributed by atoms with Gasteiger partial charge in [0.05, 0.1) is 12.7 Å². The molecule has 0 fully saturated rings. The van der Waals surface area contributed by atoms with Gasteiger partial charge in [0.15, 0.2) is 5.65 Å². The number of rotatable bonds is 4. The lowest BCUT2D eigenvalue weighted by Crippen LogP contribution is -2.17. The minimum Gasteiger partial charge on any atom is -0.384 e. The highest BCUT2D eigenvalue weighted by Crippen LogP contribution is 2.28. The number of benzene rings is 1. The zero-order valence-corrected chi connectivity index (χ0v) is 15.5. The van der Waals surface area contributed by atoms with Crippen molar-refractivity contribution in [2.75, 3.05) is 5.73 Å². The summed E-state index contributed by atoms with van der Waals surface area (Å²) in [5.41, 5.74) is 19.5. The largest absolute Gasteiger partial charge is 0.384 e. The molecule has 5 N–H and O–H groups in total. The molecule has 0 radical (unpaired) electrons. The average Bonchev–Trinajstić information content (AvgIpc) is 3.31. The Hall–Kier alpha value is -3.26. The molecule has 0 aliphatic heterocycles. The zero-order valence-electron chi connectivity index (χ0n) is 15.5. The highest BCUT2D eigenvalue weighted by Gasteiger charge is 2.17. The van der Waals surface area contributed by atoms with E-state index < -0.39 is 0 Å². The predicted octanol–water partition coefficient (Wildman–Crippen LogP) is 2.11. The summed E-state index contributed by atoms with van der Waals surface area (Å²) in [4.78, 5) is 4.21. The van der Waals surface area contributed by atoms with Gasteiger partial charge in [-0.2, -0.15) is 5.10 Å². The molecule has 1 aromatic carbocycles. The van der Waals surface area contributed by atoms with E-state index in [0.29, 0.717) is 17.9 Å². The lowest BCUT2D eigenvalue weighted by Gasteiger charge is -2.22. The molecule has 0 unspecified atom stereocenters. The van der Waals surface area contributed by atoms with Gasteiger partial charge in [-0.25, -0.2) is 10.1 Å². The van der Waals surface area contributed by atoms with E-state index in [4.69, 9.17) is 11.5 Å². The summed E-state index contributed by atoms with van der Waals surface area (Å²) in [7, 11) is 0. The van der Waals surface area contributed by atoms with Crippen LogP contribution >= 0.6 is 0 Å². The van der Waals surface area contributed by atoms with Crippen LogP contribution in [-0.4, -0.2) is 30.2 Å². The first-order valence-corrected chi connectivity index (χ1v) is 9.50. The number of aromatic nitrogens is 6. The van der Waals surface area contributed by atoms with Crippen molar-refractivity contribution >= 4 is 17.0 Å². The molecule has 8 nitrogen and oxygen atoms in total. The van der Waals surface area contributed by atoms with E-state index in [0.717, 1.165) is 42.5 Å². The number of nitrogen functional groups attached to an aromatic ring is 1. The van der Waals surface area contributed by atoms with Gasteiger partial charge in [-0.15, -0.1) is 5.10 Å². The van der Waals surface area contributed by atoms with E-state index in [2.05, 4.69) is 49.9 Å². The van der Waals surface area contributed by atoms with E-state index in [1.807, 2.05) is 16.9 Å². The monoisotopic (exact) mass is 374 g/mol. The Labute approximate surface area is 162 Å². The SMILES string of the molecule is Nc1cc(Cc2cnn(Cc3ccc4c(c3)CCC[C@H]4N)c2)c2nn[nH]c2n1. The van der Waals surface area contributed by atoms with Gasteiger partial charge in [-0.05, 0) is 53.1 Å². The van der Waals surface area contributed by atoms with Gasteiger partial charge in [0.2, 0.25) is 0 Å². The number of H-pyrrole nitrogens is 1. The van der Waals surface area contributed by atoms with Crippen molar-refractivity contribution in [1.29, 1.82) is 0 Å².